The normalized spacial score (nSPS) is 14.4. The highest BCUT2D eigenvalue weighted by Crippen LogP contribution is 2.17. The Hall–Kier alpha value is -1.58. The van der Waals surface area contributed by atoms with Crippen molar-refractivity contribution >= 4 is 27.4 Å². The van der Waals surface area contributed by atoms with E-state index in [1.165, 1.54) is 5.41 Å². The van der Waals surface area contributed by atoms with Crippen LogP contribution in [0.25, 0.3) is 6.08 Å². The van der Waals surface area contributed by atoms with Gasteiger partial charge in [0.1, 0.15) is 0 Å². The quantitative estimate of drug-likeness (QED) is 0.873. The minimum Gasteiger partial charge on any atom is -0.245 e. The highest BCUT2D eigenvalue weighted by Gasteiger charge is 2.05. The summed E-state index contributed by atoms with van der Waals surface area (Å²) >= 11 is 5.88. The minimum atomic E-state index is -2.91. The van der Waals surface area contributed by atoms with E-state index < -0.39 is 9.73 Å². The zero-order valence-corrected chi connectivity index (χ0v) is 12.0. The van der Waals surface area contributed by atoms with E-state index in [0.29, 0.717) is 9.92 Å². The molecule has 2 rings (SSSR count). The summed E-state index contributed by atoms with van der Waals surface area (Å²) in [5.41, 5.74) is 1.91. The highest BCUT2D eigenvalue weighted by atomic mass is 35.5. The molecular weight excluding hydrogens is 278 g/mol. The predicted octanol–water partition coefficient (Wildman–Crippen LogP) is 4.72. The first-order valence-electron chi connectivity index (χ1n) is 5.76. The van der Waals surface area contributed by atoms with E-state index in [-0.39, 0.29) is 0 Å². The Balaban J connectivity index is 2.29. The maximum Gasteiger partial charge on any atom is 0.0943 e. The number of aryl methyl sites for hydroxylation is 1. The fourth-order valence-electron chi connectivity index (χ4n) is 1.60. The molecule has 1 atom stereocenters. The molecule has 0 heterocycles. The molecular formula is C15H14ClNOS. The first kappa shape index (κ1) is 13.8. The van der Waals surface area contributed by atoms with Crippen molar-refractivity contribution in [1.82, 2.24) is 0 Å². The van der Waals surface area contributed by atoms with Crippen LogP contribution in [0.5, 0.6) is 0 Å². The van der Waals surface area contributed by atoms with Gasteiger partial charge in [-0.05, 0) is 42.8 Å². The fraction of sp³-hybridized carbons (Fsp3) is 0.0667. The van der Waals surface area contributed by atoms with Gasteiger partial charge in [0, 0.05) is 10.4 Å². The number of benzene rings is 2. The molecule has 0 aliphatic heterocycles. The lowest BCUT2D eigenvalue weighted by atomic mass is 10.2. The van der Waals surface area contributed by atoms with Gasteiger partial charge in [-0.3, -0.25) is 0 Å². The Bertz CT molecular complexity index is 703. The predicted molar refractivity (Wildman–Crippen MR) is 80.8 cm³/mol. The molecule has 1 N–H and O–H groups in total. The van der Waals surface area contributed by atoms with Crippen LogP contribution in [-0.2, 0) is 9.73 Å². The van der Waals surface area contributed by atoms with Crippen molar-refractivity contribution in [2.24, 2.45) is 0 Å². The van der Waals surface area contributed by atoms with Crippen LogP contribution in [0.1, 0.15) is 11.1 Å². The Morgan fingerprint density at radius 1 is 1.16 bits per heavy atom. The lowest BCUT2D eigenvalue weighted by Crippen LogP contribution is -1.93. The maximum absolute atomic E-state index is 12.3. The van der Waals surface area contributed by atoms with Crippen molar-refractivity contribution in [1.29, 1.82) is 4.78 Å². The van der Waals surface area contributed by atoms with Gasteiger partial charge in [0.25, 0.3) is 0 Å². The third-order valence-corrected chi connectivity index (χ3v) is 4.40. The SMILES string of the molecule is Cc1ccc(S(=N)(=O)/C=C/c2cccc(Cl)c2)cc1. The van der Waals surface area contributed by atoms with Crippen molar-refractivity contribution in [3.05, 3.63) is 70.1 Å². The molecule has 2 nitrogen and oxygen atoms in total. The zero-order valence-electron chi connectivity index (χ0n) is 10.5. The van der Waals surface area contributed by atoms with Gasteiger partial charge in [-0.25, -0.2) is 8.99 Å². The van der Waals surface area contributed by atoms with Gasteiger partial charge >= 0.3 is 0 Å². The zero-order chi connectivity index (χ0) is 13.9. The number of rotatable bonds is 3. The lowest BCUT2D eigenvalue weighted by molar-refractivity contribution is 0.681. The van der Waals surface area contributed by atoms with Gasteiger partial charge in [-0.1, -0.05) is 41.4 Å². The van der Waals surface area contributed by atoms with Crippen molar-refractivity contribution in [2.45, 2.75) is 11.8 Å². The fourth-order valence-corrected chi connectivity index (χ4v) is 2.85. The van der Waals surface area contributed by atoms with Crippen LogP contribution in [-0.4, -0.2) is 4.21 Å². The Kier molecular flexibility index (Phi) is 4.08. The van der Waals surface area contributed by atoms with Crippen molar-refractivity contribution in [3.8, 4) is 0 Å². The van der Waals surface area contributed by atoms with Crippen LogP contribution < -0.4 is 0 Å². The van der Waals surface area contributed by atoms with Crippen molar-refractivity contribution in [3.63, 3.8) is 0 Å². The Morgan fingerprint density at radius 2 is 1.84 bits per heavy atom. The Morgan fingerprint density at radius 3 is 2.47 bits per heavy atom. The number of hydrogen-bond acceptors (Lipinski definition) is 2. The van der Waals surface area contributed by atoms with Gasteiger partial charge in [0.05, 0.1) is 14.6 Å². The van der Waals surface area contributed by atoms with Gasteiger partial charge in [0.15, 0.2) is 0 Å². The van der Waals surface area contributed by atoms with Gasteiger partial charge in [-0.15, -0.1) is 0 Å². The van der Waals surface area contributed by atoms with E-state index in [4.69, 9.17) is 16.4 Å². The third-order valence-electron chi connectivity index (χ3n) is 2.67. The molecule has 0 aliphatic rings. The summed E-state index contributed by atoms with van der Waals surface area (Å²) in [5.74, 6) is 0. The number of halogens is 1. The average molecular weight is 292 g/mol. The highest BCUT2D eigenvalue weighted by molar-refractivity contribution is 7.95. The summed E-state index contributed by atoms with van der Waals surface area (Å²) in [7, 11) is -2.91. The van der Waals surface area contributed by atoms with Crippen molar-refractivity contribution in [2.75, 3.05) is 0 Å². The molecule has 0 aromatic heterocycles. The second-order valence-electron chi connectivity index (χ2n) is 4.27. The summed E-state index contributed by atoms with van der Waals surface area (Å²) in [6, 6.07) is 14.4. The molecule has 98 valence electrons. The smallest absolute Gasteiger partial charge is 0.0943 e. The summed E-state index contributed by atoms with van der Waals surface area (Å²) < 4.78 is 20.3. The topological polar surface area (TPSA) is 40.9 Å². The summed E-state index contributed by atoms with van der Waals surface area (Å²) in [6.07, 6.45) is 1.67. The van der Waals surface area contributed by atoms with Crippen LogP contribution >= 0.6 is 11.6 Å². The lowest BCUT2D eigenvalue weighted by Gasteiger charge is -2.03. The molecule has 4 heteroatoms. The second-order valence-corrected chi connectivity index (χ2v) is 6.65. The summed E-state index contributed by atoms with van der Waals surface area (Å²) in [5, 5.41) is 2.04. The monoisotopic (exact) mass is 291 g/mol. The van der Waals surface area contributed by atoms with E-state index in [1.54, 1.807) is 30.3 Å². The van der Waals surface area contributed by atoms with Crippen LogP contribution in [0, 0.1) is 11.7 Å². The largest absolute Gasteiger partial charge is 0.245 e. The molecule has 0 fully saturated rings. The molecule has 0 spiro atoms. The van der Waals surface area contributed by atoms with Crippen LogP contribution in [0.2, 0.25) is 5.02 Å². The molecule has 2 aromatic rings. The Labute approximate surface area is 118 Å². The maximum atomic E-state index is 12.3. The molecule has 0 aliphatic carbocycles. The van der Waals surface area contributed by atoms with E-state index in [0.717, 1.165) is 11.1 Å². The average Bonchev–Trinajstić information content (AvgIpc) is 2.37. The first-order chi connectivity index (χ1) is 8.97. The molecule has 1 unspecified atom stereocenters. The molecule has 0 amide bonds. The van der Waals surface area contributed by atoms with E-state index >= 15 is 0 Å². The first-order valence-corrected chi connectivity index (χ1v) is 7.76. The number of nitrogens with one attached hydrogen (secondary N) is 1. The standard InChI is InChI=1S/C15H14ClNOS/c1-12-5-7-15(8-6-12)19(17,18)10-9-13-3-2-4-14(16)11-13/h2-11,17H,1H3/b10-9+. The van der Waals surface area contributed by atoms with Gasteiger partial charge in [0.2, 0.25) is 0 Å². The molecule has 0 bridgehead atoms. The van der Waals surface area contributed by atoms with Gasteiger partial charge < -0.3 is 0 Å². The van der Waals surface area contributed by atoms with E-state index in [9.17, 15) is 4.21 Å². The van der Waals surface area contributed by atoms with E-state index in [1.807, 2.05) is 31.2 Å². The van der Waals surface area contributed by atoms with E-state index in [2.05, 4.69) is 0 Å². The van der Waals surface area contributed by atoms with Crippen LogP contribution in [0.3, 0.4) is 0 Å². The second kappa shape index (κ2) is 5.59. The molecule has 19 heavy (non-hydrogen) atoms. The summed E-state index contributed by atoms with van der Waals surface area (Å²) in [6.45, 7) is 1.96. The van der Waals surface area contributed by atoms with Crippen molar-refractivity contribution < 1.29 is 4.21 Å². The molecule has 0 radical (unpaired) electrons. The number of hydrogen-bond donors (Lipinski definition) is 1. The third kappa shape index (κ3) is 3.69. The molecule has 0 saturated heterocycles. The minimum absolute atomic E-state index is 0.511. The van der Waals surface area contributed by atoms with Gasteiger partial charge in [-0.2, -0.15) is 0 Å². The molecule has 2 aromatic carbocycles. The van der Waals surface area contributed by atoms with Crippen LogP contribution in [0.4, 0.5) is 0 Å². The molecule has 0 saturated carbocycles. The van der Waals surface area contributed by atoms with Crippen LogP contribution in [0.15, 0.2) is 58.8 Å². The summed E-state index contributed by atoms with van der Waals surface area (Å²) in [4.78, 5) is 0.511.